The second-order valence-electron chi connectivity index (χ2n) is 6.96. The quantitative estimate of drug-likeness (QED) is 0.439. The zero-order valence-electron chi connectivity index (χ0n) is 16.2. The van der Waals surface area contributed by atoms with Crippen LogP contribution in [-0.4, -0.2) is 24.3 Å². The van der Waals surface area contributed by atoms with Gasteiger partial charge in [-0.3, -0.25) is 0 Å². The molecule has 5 nitrogen and oxygen atoms in total. The third-order valence-corrected chi connectivity index (χ3v) is 6.97. The lowest BCUT2D eigenvalue weighted by molar-refractivity contribution is -0.108. The van der Waals surface area contributed by atoms with Crippen molar-refractivity contribution < 1.29 is 17.6 Å². The van der Waals surface area contributed by atoms with E-state index in [1.165, 1.54) is 30.5 Å². The molecule has 0 aliphatic carbocycles. The van der Waals surface area contributed by atoms with Crippen molar-refractivity contribution in [1.29, 1.82) is 0 Å². The maximum absolute atomic E-state index is 14.0. The molecule has 0 fully saturated rings. The van der Waals surface area contributed by atoms with Crippen molar-refractivity contribution >= 4 is 27.0 Å². The molecule has 152 valence electrons. The van der Waals surface area contributed by atoms with Gasteiger partial charge in [0.2, 0.25) is 9.84 Å². The molecular weight excluding hydrogens is 403 g/mol. The minimum Gasteiger partial charge on any atom is -0.337 e. The number of fused-ring (bicyclic) bond motifs is 1. The molecule has 7 heteroatoms. The molecule has 0 amide bonds. The van der Waals surface area contributed by atoms with Crippen LogP contribution in [0.15, 0.2) is 76.8 Å². The van der Waals surface area contributed by atoms with Crippen molar-refractivity contribution in [2.24, 2.45) is 0 Å². The minimum absolute atomic E-state index is 0.0247. The van der Waals surface area contributed by atoms with Crippen molar-refractivity contribution in [1.82, 2.24) is 9.55 Å². The Balaban J connectivity index is 1.88. The normalized spacial score (nSPS) is 11.7. The summed E-state index contributed by atoms with van der Waals surface area (Å²) in [6, 6.07) is 15.9. The first-order valence-electron chi connectivity index (χ1n) is 9.38. The molecule has 0 aliphatic heterocycles. The van der Waals surface area contributed by atoms with Crippen LogP contribution in [0.3, 0.4) is 0 Å². The molecule has 0 spiro atoms. The molecule has 2 aromatic heterocycles. The Bertz CT molecular complexity index is 1350. The number of carbonyl (C=O) groups is 1. The first-order valence-corrected chi connectivity index (χ1v) is 10.9. The summed E-state index contributed by atoms with van der Waals surface area (Å²) in [7, 11) is -3.82. The van der Waals surface area contributed by atoms with E-state index in [-0.39, 0.29) is 22.9 Å². The molecule has 0 bridgehead atoms. The molecule has 0 N–H and O–H groups in total. The number of hydrogen-bond acceptors (Lipinski definition) is 4. The summed E-state index contributed by atoms with van der Waals surface area (Å²) in [6.07, 6.45) is 2.48. The Morgan fingerprint density at radius 3 is 2.57 bits per heavy atom. The standard InChI is InChI=1S/C23H19FN2O3S/c1-16-20(21-15-18(24)9-10-22(21)26(16)12-13-27)14-17-6-5-11-25-23(17)30(28,29)19-7-3-2-4-8-19/h2-11,13,15H,12,14H2,1H3. The highest BCUT2D eigenvalue weighted by Crippen LogP contribution is 2.31. The van der Waals surface area contributed by atoms with Gasteiger partial charge in [-0.1, -0.05) is 24.3 Å². The number of aldehydes is 1. The molecule has 0 radical (unpaired) electrons. The number of pyridine rings is 1. The fourth-order valence-electron chi connectivity index (χ4n) is 3.76. The van der Waals surface area contributed by atoms with Gasteiger partial charge in [0.05, 0.1) is 11.4 Å². The first kappa shape index (κ1) is 20.0. The van der Waals surface area contributed by atoms with Gasteiger partial charge < -0.3 is 9.36 Å². The van der Waals surface area contributed by atoms with E-state index in [4.69, 9.17) is 0 Å². The van der Waals surface area contributed by atoms with E-state index in [2.05, 4.69) is 4.98 Å². The van der Waals surface area contributed by atoms with Crippen molar-refractivity contribution in [2.75, 3.05) is 0 Å². The van der Waals surface area contributed by atoms with E-state index < -0.39 is 15.7 Å². The Hall–Kier alpha value is -3.32. The van der Waals surface area contributed by atoms with Gasteiger partial charge in [0.15, 0.2) is 5.03 Å². The number of halogens is 1. The van der Waals surface area contributed by atoms with Gasteiger partial charge >= 0.3 is 0 Å². The van der Waals surface area contributed by atoms with E-state index in [9.17, 15) is 17.6 Å². The second-order valence-corrected chi connectivity index (χ2v) is 8.83. The molecule has 0 unspecified atom stereocenters. The van der Waals surface area contributed by atoms with E-state index in [0.29, 0.717) is 10.9 Å². The highest BCUT2D eigenvalue weighted by atomic mass is 32.2. The van der Waals surface area contributed by atoms with Gasteiger partial charge in [0, 0.05) is 29.2 Å². The van der Waals surface area contributed by atoms with Gasteiger partial charge in [-0.25, -0.2) is 17.8 Å². The van der Waals surface area contributed by atoms with Gasteiger partial charge in [-0.15, -0.1) is 0 Å². The molecule has 0 saturated heterocycles. The molecule has 2 heterocycles. The van der Waals surface area contributed by atoms with Crippen LogP contribution >= 0.6 is 0 Å². The molecule has 0 saturated carbocycles. The third-order valence-electron chi connectivity index (χ3n) is 5.20. The molecule has 30 heavy (non-hydrogen) atoms. The average molecular weight is 422 g/mol. The van der Waals surface area contributed by atoms with Gasteiger partial charge in [0.1, 0.15) is 12.1 Å². The van der Waals surface area contributed by atoms with E-state index in [1.807, 2.05) is 6.92 Å². The van der Waals surface area contributed by atoms with Crippen LogP contribution in [0.25, 0.3) is 10.9 Å². The Labute approximate surface area is 173 Å². The highest BCUT2D eigenvalue weighted by molar-refractivity contribution is 7.91. The van der Waals surface area contributed by atoms with E-state index in [0.717, 1.165) is 23.1 Å². The van der Waals surface area contributed by atoms with E-state index >= 15 is 0 Å². The minimum atomic E-state index is -3.82. The number of aromatic nitrogens is 2. The smallest absolute Gasteiger partial charge is 0.224 e. The van der Waals surface area contributed by atoms with Crippen LogP contribution < -0.4 is 0 Å². The third kappa shape index (κ3) is 3.41. The molecule has 0 aliphatic rings. The number of benzene rings is 2. The number of hydrogen-bond donors (Lipinski definition) is 0. The summed E-state index contributed by atoms with van der Waals surface area (Å²) >= 11 is 0. The number of carbonyl (C=O) groups excluding carboxylic acids is 1. The van der Waals surface area contributed by atoms with Gasteiger partial charge in [-0.2, -0.15) is 0 Å². The largest absolute Gasteiger partial charge is 0.337 e. The monoisotopic (exact) mass is 422 g/mol. The van der Waals surface area contributed by atoms with Gasteiger partial charge in [0.25, 0.3) is 0 Å². The predicted octanol–water partition coefficient (Wildman–Crippen LogP) is 4.11. The first-order chi connectivity index (χ1) is 14.4. The topological polar surface area (TPSA) is 69.0 Å². The lowest BCUT2D eigenvalue weighted by atomic mass is 10.0. The summed E-state index contributed by atoms with van der Waals surface area (Å²) in [4.78, 5) is 15.5. The second kappa shape index (κ2) is 7.84. The average Bonchev–Trinajstić information content (AvgIpc) is 3.00. The maximum atomic E-state index is 14.0. The Morgan fingerprint density at radius 1 is 1.07 bits per heavy atom. The fraction of sp³-hybridized carbons (Fsp3) is 0.130. The van der Waals surface area contributed by atoms with Crippen molar-refractivity contribution in [3.63, 3.8) is 0 Å². The van der Waals surface area contributed by atoms with Crippen LogP contribution in [0, 0.1) is 12.7 Å². The number of rotatable bonds is 6. The molecule has 2 aromatic carbocycles. The lowest BCUT2D eigenvalue weighted by Crippen LogP contribution is -2.09. The number of nitrogens with zero attached hydrogens (tertiary/aromatic N) is 2. The maximum Gasteiger partial charge on any atom is 0.224 e. The Morgan fingerprint density at radius 2 is 1.83 bits per heavy atom. The zero-order chi connectivity index (χ0) is 21.3. The SMILES string of the molecule is Cc1c(Cc2cccnc2S(=O)(=O)c2ccccc2)c2cc(F)ccc2n1CC=O. The van der Waals surface area contributed by atoms with Gasteiger partial charge in [-0.05, 0) is 54.4 Å². The van der Waals surface area contributed by atoms with Crippen molar-refractivity contribution in [3.05, 3.63) is 89.5 Å². The summed E-state index contributed by atoms with van der Waals surface area (Å²) in [5.74, 6) is -0.393. The van der Waals surface area contributed by atoms with E-state index in [1.54, 1.807) is 41.0 Å². The van der Waals surface area contributed by atoms with Crippen molar-refractivity contribution in [2.45, 2.75) is 29.8 Å². The number of sulfone groups is 1. The zero-order valence-corrected chi connectivity index (χ0v) is 17.1. The highest BCUT2D eigenvalue weighted by Gasteiger charge is 2.24. The van der Waals surface area contributed by atoms with Crippen LogP contribution in [0.2, 0.25) is 0 Å². The lowest BCUT2D eigenvalue weighted by Gasteiger charge is -2.10. The predicted molar refractivity (Wildman–Crippen MR) is 112 cm³/mol. The Kier molecular flexibility index (Phi) is 5.22. The summed E-state index contributed by atoms with van der Waals surface area (Å²) in [5.41, 5.74) is 2.80. The van der Waals surface area contributed by atoms with Crippen LogP contribution in [-0.2, 0) is 27.6 Å². The molecule has 4 aromatic rings. The summed E-state index contributed by atoms with van der Waals surface area (Å²) < 4.78 is 42.2. The fourth-order valence-corrected chi connectivity index (χ4v) is 5.18. The van der Waals surface area contributed by atoms with Crippen LogP contribution in [0.4, 0.5) is 4.39 Å². The molecule has 4 rings (SSSR count). The summed E-state index contributed by atoms with van der Waals surface area (Å²) in [6.45, 7) is 1.98. The van der Waals surface area contributed by atoms with Crippen LogP contribution in [0.1, 0.15) is 16.8 Å². The molecule has 0 atom stereocenters. The molecular formula is C23H19FN2O3S. The van der Waals surface area contributed by atoms with Crippen LogP contribution in [0.5, 0.6) is 0 Å². The summed E-state index contributed by atoms with van der Waals surface area (Å²) in [5, 5.41) is 0.629. The van der Waals surface area contributed by atoms with Crippen molar-refractivity contribution in [3.8, 4) is 0 Å².